The fourth-order valence-electron chi connectivity index (χ4n) is 2.62. The maximum atomic E-state index is 2.47. The van der Waals surface area contributed by atoms with Gasteiger partial charge in [0.2, 0.25) is 0 Å². The molecule has 0 saturated heterocycles. The third kappa shape index (κ3) is 3.23. The number of likely N-dealkylation sites (N-methyl/N-ethyl adjacent to an activating group) is 1. The van der Waals surface area contributed by atoms with E-state index < -0.39 is 0 Å². The summed E-state index contributed by atoms with van der Waals surface area (Å²) in [7, 11) is 2.24. The lowest BCUT2D eigenvalue weighted by Crippen LogP contribution is -2.38. The zero-order valence-electron chi connectivity index (χ0n) is 12.1. The first-order valence-electron chi connectivity index (χ1n) is 6.90. The molecule has 0 N–H and O–H groups in total. The normalized spacial score (nSPS) is 21.8. The molecule has 1 atom stereocenters. The van der Waals surface area contributed by atoms with E-state index in [2.05, 4.69) is 69.1 Å². The van der Waals surface area contributed by atoms with Gasteiger partial charge in [0.15, 0.2) is 0 Å². The lowest BCUT2D eigenvalue weighted by atomic mass is 9.79. The standard InChI is InChI=1S/C17H25N/c1-17(2,3)15-10-11-18(4)16(13-15)12-14-8-6-5-7-9-14/h5-10,16H,11-13H2,1-4H3/t16-/m1/s1. The minimum atomic E-state index is 0.316. The van der Waals surface area contributed by atoms with Gasteiger partial charge in [0.05, 0.1) is 0 Å². The molecule has 1 heteroatoms. The Labute approximate surface area is 112 Å². The maximum absolute atomic E-state index is 2.47. The van der Waals surface area contributed by atoms with Crippen LogP contribution in [0.5, 0.6) is 0 Å². The molecular formula is C17H25N. The van der Waals surface area contributed by atoms with Crippen molar-refractivity contribution in [3.63, 3.8) is 0 Å². The highest BCUT2D eigenvalue weighted by atomic mass is 15.1. The second kappa shape index (κ2) is 5.27. The van der Waals surface area contributed by atoms with E-state index in [-0.39, 0.29) is 0 Å². The van der Waals surface area contributed by atoms with Gasteiger partial charge in [-0.2, -0.15) is 0 Å². The lowest BCUT2D eigenvalue weighted by molar-refractivity contribution is 0.234. The van der Waals surface area contributed by atoms with Crippen LogP contribution in [0.1, 0.15) is 32.8 Å². The molecule has 1 aliphatic rings. The van der Waals surface area contributed by atoms with Crippen LogP contribution >= 0.6 is 0 Å². The highest BCUT2D eigenvalue weighted by molar-refractivity contribution is 5.21. The van der Waals surface area contributed by atoms with Gasteiger partial charge in [0.1, 0.15) is 0 Å². The van der Waals surface area contributed by atoms with Gasteiger partial charge in [-0.1, -0.05) is 62.8 Å². The number of nitrogens with zero attached hydrogens (tertiary/aromatic N) is 1. The molecule has 0 saturated carbocycles. The topological polar surface area (TPSA) is 3.24 Å². The van der Waals surface area contributed by atoms with Crippen molar-refractivity contribution in [2.24, 2.45) is 5.41 Å². The van der Waals surface area contributed by atoms with Gasteiger partial charge in [0.25, 0.3) is 0 Å². The van der Waals surface area contributed by atoms with Crippen LogP contribution in [0.15, 0.2) is 42.0 Å². The van der Waals surface area contributed by atoms with Crippen LogP contribution in [0.4, 0.5) is 0 Å². The first-order valence-corrected chi connectivity index (χ1v) is 6.90. The van der Waals surface area contributed by atoms with Crippen molar-refractivity contribution in [3.05, 3.63) is 47.5 Å². The van der Waals surface area contributed by atoms with E-state index >= 15 is 0 Å². The van der Waals surface area contributed by atoms with E-state index in [4.69, 9.17) is 0 Å². The monoisotopic (exact) mass is 243 g/mol. The summed E-state index contributed by atoms with van der Waals surface area (Å²) in [6.45, 7) is 8.06. The van der Waals surface area contributed by atoms with Crippen molar-refractivity contribution in [3.8, 4) is 0 Å². The summed E-state index contributed by atoms with van der Waals surface area (Å²) >= 11 is 0. The summed E-state index contributed by atoms with van der Waals surface area (Å²) in [4.78, 5) is 2.47. The van der Waals surface area contributed by atoms with Crippen LogP contribution in [0.2, 0.25) is 0 Å². The van der Waals surface area contributed by atoms with Crippen molar-refractivity contribution >= 4 is 0 Å². The predicted octanol–water partition coefficient (Wildman–Crippen LogP) is 3.91. The highest BCUT2D eigenvalue weighted by Gasteiger charge is 2.26. The third-order valence-corrected chi connectivity index (χ3v) is 3.98. The van der Waals surface area contributed by atoms with E-state index in [9.17, 15) is 0 Å². The van der Waals surface area contributed by atoms with Crippen molar-refractivity contribution in [1.29, 1.82) is 0 Å². The molecule has 0 aromatic heterocycles. The molecule has 0 bridgehead atoms. The predicted molar refractivity (Wildman–Crippen MR) is 78.7 cm³/mol. The summed E-state index contributed by atoms with van der Waals surface area (Å²) in [6, 6.07) is 11.5. The van der Waals surface area contributed by atoms with Gasteiger partial charge in [0, 0.05) is 12.6 Å². The van der Waals surface area contributed by atoms with Crippen LogP contribution in [0, 0.1) is 5.41 Å². The Morgan fingerprint density at radius 1 is 1.17 bits per heavy atom. The molecule has 0 fully saturated rings. The fourth-order valence-corrected chi connectivity index (χ4v) is 2.62. The average Bonchev–Trinajstić information content (AvgIpc) is 2.32. The van der Waals surface area contributed by atoms with Crippen LogP contribution in [-0.2, 0) is 6.42 Å². The number of benzene rings is 1. The lowest BCUT2D eigenvalue weighted by Gasteiger charge is -2.37. The van der Waals surface area contributed by atoms with Crippen LogP contribution in [0.3, 0.4) is 0 Å². The van der Waals surface area contributed by atoms with Crippen molar-refractivity contribution in [2.45, 2.75) is 39.7 Å². The van der Waals surface area contributed by atoms with Crippen molar-refractivity contribution < 1.29 is 0 Å². The van der Waals surface area contributed by atoms with Gasteiger partial charge in [-0.05, 0) is 30.9 Å². The summed E-state index contributed by atoms with van der Waals surface area (Å²) in [5.74, 6) is 0. The molecule has 1 nitrogen and oxygen atoms in total. The van der Waals surface area contributed by atoms with E-state index in [1.54, 1.807) is 5.57 Å². The summed E-state index contributed by atoms with van der Waals surface area (Å²) in [6.07, 6.45) is 4.78. The Morgan fingerprint density at radius 3 is 2.44 bits per heavy atom. The Kier molecular flexibility index (Phi) is 3.91. The zero-order valence-corrected chi connectivity index (χ0v) is 12.1. The molecule has 98 valence electrons. The van der Waals surface area contributed by atoms with Crippen LogP contribution in [-0.4, -0.2) is 24.5 Å². The SMILES string of the molecule is CN1CC=C(C(C)(C)C)C[C@H]1Cc1ccccc1. The van der Waals surface area contributed by atoms with Gasteiger partial charge < -0.3 is 0 Å². The first-order chi connectivity index (χ1) is 8.47. The smallest absolute Gasteiger partial charge is 0.0173 e. The second-order valence-corrected chi connectivity index (χ2v) is 6.47. The van der Waals surface area contributed by atoms with E-state index in [0.29, 0.717) is 11.5 Å². The van der Waals surface area contributed by atoms with Gasteiger partial charge in [-0.15, -0.1) is 0 Å². The van der Waals surface area contributed by atoms with Crippen LogP contribution in [0.25, 0.3) is 0 Å². The van der Waals surface area contributed by atoms with E-state index in [1.807, 2.05) is 0 Å². The van der Waals surface area contributed by atoms with Gasteiger partial charge in [-0.3, -0.25) is 4.90 Å². The second-order valence-electron chi connectivity index (χ2n) is 6.47. The summed E-state index contributed by atoms with van der Waals surface area (Å²) in [5.41, 5.74) is 3.38. The number of hydrogen-bond acceptors (Lipinski definition) is 1. The minimum absolute atomic E-state index is 0.316. The molecular weight excluding hydrogens is 218 g/mol. The Morgan fingerprint density at radius 2 is 1.83 bits per heavy atom. The molecule has 0 unspecified atom stereocenters. The Balaban J connectivity index is 2.08. The van der Waals surface area contributed by atoms with Crippen molar-refractivity contribution in [1.82, 2.24) is 4.90 Å². The quantitative estimate of drug-likeness (QED) is 0.712. The largest absolute Gasteiger partial charge is 0.299 e. The number of hydrogen-bond donors (Lipinski definition) is 0. The first kappa shape index (κ1) is 13.4. The molecule has 1 heterocycles. The minimum Gasteiger partial charge on any atom is -0.299 e. The fraction of sp³-hybridized carbons (Fsp3) is 0.529. The van der Waals surface area contributed by atoms with E-state index in [0.717, 1.165) is 13.0 Å². The highest BCUT2D eigenvalue weighted by Crippen LogP contribution is 2.33. The molecule has 0 aliphatic carbocycles. The molecule has 2 rings (SSSR count). The van der Waals surface area contributed by atoms with Gasteiger partial charge in [-0.25, -0.2) is 0 Å². The molecule has 1 aromatic carbocycles. The Hall–Kier alpha value is -1.08. The molecule has 0 amide bonds. The third-order valence-electron chi connectivity index (χ3n) is 3.98. The number of rotatable bonds is 2. The Bertz CT molecular complexity index is 411. The summed E-state index contributed by atoms with van der Waals surface area (Å²) < 4.78 is 0. The van der Waals surface area contributed by atoms with Crippen molar-refractivity contribution in [2.75, 3.05) is 13.6 Å². The maximum Gasteiger partial charge on any atom is 0.0173 e. The molecule has 1 aliphatic heterocycles. The average molecular weight is 243 g/mol. The molecule has 0 radical (unpaired) electrons. The molecule has 1 aromatic rings. The molecule has 18 heavy (non-hydrogen) atoms. The van der Waals surface area contributed by atoms with E-state index in [1.165, 1.54) is 12.0 Å². The summed E-state index contributed by atoms with van der Waals surface area (Å²) in [5, 5.41) is 0. The molecule has 0 spiro atoms. The van der Waals surface area contributed by atoms with Crippen LogP contribution < -0.4 is 0 Å². The zero-order chi connectivity index (χ0) is 13.2. The van der Waals surface area contributed by atoms with Gasteiger partial charge >= 0.3 is 0 Å².